The van der Waals surface area contributed by atoms with Gasteiger partial charge in [0.15, 0.2) is 5.43 Å². The molecule has 2 aromatic rings. The van der Waals surface area contributed by atoms with Crippen molar-refractivity contribution in [3.05, 3.63) is 45.6 Å². The van der Waals surface area contributed by atoms with Crippen LogP contribution in [0, 0.1) is 6.92 Å². The lowest BCUT2D eigenvalue weighted by Crippen LogP contribution is -2.33. The molecule has 0 spiro atoms. The average Bonchev–Trinajstić information content (AvgIpc) is 3.15. The van der Waals surface area contributed by atoms with Crippen molar-refractivity contribution in [2.45, 2.75) is 18.9 Å². The highest BCUT2D eigenvalue weighted by atomic mass is 16.5. The third-order valence-electron chi connectivity index (χ3n) is 4.22. The van der Waals surface area contributed by atoms with Crippen molar-refractivity contribution >= 4 is 5.91 Å². The van der Waals surface area contributed by atoms with E-state index in [4.69, 9.17) is 4.74 Å². The van der Waals surface area contributed by atoms with Crippen LogP contribution in [-0.2, 0) is 11.8 Å². The Morgan fingerprint density at radius 2 is 2.17 bits per heavy atom. The van der Waals surface area contributed by atoms with Crippen LogP contribution < -0.4 is 5.43 Å². The van der Waals surface area contributed by atoms with Crippen LogP contribution in [0.4, 0.5) is 0 Å². The molecule has 23 heavy (non-hydrogen) atoms. The summed E-state index contributed by atoms with van der Waals surface area (Å²) < 4.78 is 7.12. The summed E-state index contributed by atoms with van der Waals surface area (Å²) in [5.74, 6) is -0.343. The van der Waals surface area contributed by atoms with E-state index in [0.717, 1.165) is 5.69 Å². The van der Waals surface area contributed by atoms with Crippen LogP contribution in [0.15, 0.2) is 23.4 Å². The normalized spacial score (nSPS) is 20.9. The number of ether oxygens (including phenoxy) is 1. The van der Waals surface area contributed by atoms with Crippen molar-refractivity contribution in [1.82, 2.24) is 24.9 Å². The molecule has 1 fully saturated rings. The number of aryl methyl sites for hydroxylation is 2. The Bertz CT molecular complexity index is 781. The zero-order chi connectivity index (χ0) is 16.6. The number of aromatic nitrogens is 4. The first kappa shape index (κ1) is 15.4. The van der Waals surface area contributed by atoms with Gasteiger partial charge in [0, 0.05) is 51.4 Å². The van der Waals surface area contributed by atoms with Crippen molar-refractivity contribution in [1.29, 1.82) is 0 Å². The Morgan fingerprint density at radius 1 is 1.39 bits per heavy atom. The van der Waals surface area contributed by atoms with Gasteiger partial charge in [0.05, 0.1) is 17.7 Å². The summed E-state index contributed by atoms with van der Waals surface area (Å²) in [5, 5.41) is 8.06. The molecule has 122 valence electrons. The van der Waals surface area contributed by atoms with Gasteiger partial charge in [-0.2, -0.15) is 0 Å². The molecule has 0 unspecified atom stereocenters. The summed E-state index contributed by atoms with van der Waals surface area (Å²) in [6.07, 6.45) is 4.70. The minimum absolute atomic E-state index is 0.0541. The van der Waals surface area contributed by atoms with E-state index in [1.54, 1.807) is 36.9 Å². The number of nitrogens with one attached hydrogen (secondary N) is 1. The van der Waals surface area contributed by atoms with Crippen molar-refractivity contribution < 1.29 is 9.53 Å². The van der Waals surface area contributed by atoms with Gasteiger partial charge < -0.3 is 14.6 Å². The van der Waals surface area contributed by atoms with Crippen LogP contribution in [-0.4, -0.2) is 57.1 Å². The van der Waals surface area contributed by atoms with Gasteiger partial charge >= 0.3 is 0 Å². The number of nitrogens with zero attached hydrogens (tertiary/aromatic N) is 4. The topological polar surface area (TPSA) is 93.1 Å². The quantitative estimate of drug-likeness (QED) is 0.864. The number of amides is 1. The van der Waals surface area contributed by atoms with Gasteiger partial charge in [-0.25, -0.2) is 0 Å². The fraction of sp³-hybridized carbons (Fsp3) is 0.467. The number of hydrogen-bond donors (Lipinski definition) is 1. The van der Waals surface area contributed by atoms with Crippen LogP contribution in [0.1, 0.15) is 27.5 Å². The smallest absolute Gasteiger partial charge is 0.259 e. The van der Waals surface area contributed by atoms with Gasteiger partial charge in [-0.15, -0.1) is 5.10 Å². The van der Waals surface area contributed by atoms with Crippen molar-refractivity contribution in [3.63, 3.8) is 0 Å². The van der Waals surface area contributed by atoms with Gasteiger partial charge in [-0.3, -0.25) is 14.3 Å². The average molecular weight is 317 g/mol. The maximum atomic E-state index is 12.7. The molecular formula is C15H19N5O3. The second-order valence-electron chi connectivity index (χ2n) is 5.79. The number of rotatable bonds is 3. The molecule has 1 N–H and O–H groups in total. The molecule has 0 bridgehead atoms. The SMILES string of the molecule is CO[C@@H]1CN(C(=O)c2c[nH]cc(C)c2=O)C[C@H]1c1cn(C)nn1. The largest absolute Gasteiger partial charge is 0.379 e. The number of methoxy groups -OCH3 is 1. The zero-order valence-electron chi connectivity index (χ0n) is 13.3. The van der Waals surface area contributed by atoms with Crippen molar-refractivity contribution in [2.75, 3.05) is 20.2 Å². The minimum Gasteiger partial charge on any atom is -0.379 e. The van der Waals surface area contributed by atoms with E-state index >= 15 is 0 Å². The lowest BCUT2D eigenvalue weighted by Gasteiger charge is -2.15. The Hall–Kier alpha value is -2.48. The highest BCUT2D eigenvalue weighted by Gasteiger charge is 2.38. The zero-order valence-corrected chi connectivity index (χ0v) is 13.3. The van der Waals surface area contributed by atoms with Crippen LogP contribution in [0.25, 0.3) is 0 Å². The summed E-state index contributed by atoms with van der Waals surface area (Å²) in [5.41, 5.74) is 1.21. The molecule has 1 saturated heterocycles. The fourth-order valence-corrected chi connectivity index (χ4v) is 2.92. The number of pyridine rings is 1. The van der Waals surface area contributed by atoms with E-state index in [1.807, 2.05) is 6.20 Å². The van der Waals surface area contributed by atoms with E-state index in [9.17, 15) is 9.59 Å². The molecule has 0 aliphatic carbocycles. The third kappa shape index (κ3) is 2.77. The maximum Gasteiger partial charge on any atom is 0.259 e. The lowest BCUT2D eigenvalue weighted by atomic mass is 10.0. The molecule has 8 heteroatoms. The van der Waals surface area contributed by atoms with E-state index in [1.165, 1.54) is 6.20 Å². The van der Waals surface area contributed by atoms with Crippen LogP contribution in [0.3, 0.4) is 0 Å². The van der Waals surface area contributed by atoms with E-state index in [0.29, 0.717) is 18.7 Å². The van der Waals surface area contributed by atoms with Crippen molar-refractivity contribution in [2.24, 2.45) is 7.05 Å². The molecule has 0 radical (unpaired) electrons. The highest BCUT2D eigenvalue weighted by molar-refractivity contribution is 5.94. The Morgan fingerprint density at radius 3 is 2.83 bits per heavy atom. The number of carbonyl (C=O) groups excluding carboxylic acids is 1. The van der Waals surface area contributed by atoms with E-state index in [-0.39, 0.29) is 28.9 Å². The maximum absolute atomic E-state index is 12.7. The summed E-state index contributed by atoms with van der Waals surface area (Å²) in [6.45, 7) is 2.55. The Balaban J connectivity index is 1.86. The van der Waals surface area contributed by atoms with Crippen LogP contribution >= 0.6 is 0 Å². The van der Waals surface area contributed by atoms with Gasteiger partial charge in [0.1, 0.15) is 5.56 Å². The molecule has 3 rings (SSSR count). The Labute approximate surface area is 133 Å². The van der Waals surface area contributed by atoms with Gasteiger partial charge in [0.25, 0.3) is 5.91 Å². The molecule has 1 aliphatic rings. The number of carbonyl (C=O) groups is 1. The number of likely N-dealkylation sites (tertiary alicyclic amines) is 1. The first-order valence-corrected chi connectivity index (χ1v) is 7.37. The minimum atomic E-state index is -0.289. The summed E-state index contributed by atoms with van der Waals surface area (Å²) in [7, 11) is 3.41. The molecule has 3 heterocycles. The van der Waals surface area contributed by atoms with Gasteiger partial charge in [0.2, 0.25) is 0 Å². The lowest BCUT2D eigenvalue weighted by molar-refractivity contribution is 0.0712. The standard InChI is InChI=1S/C15H19N5O3/c1-9-4-16-5-10(14(9)21)15(22)20-6-11(13(8-20)23-3)12-7-19(2)18-17-12/h4-5,7,11,13H,6,8H2,1-3H3,(H,16,21)/t11-,13+/m0/s1. The molecule has 1 aliphatic heterocycles. The van der Waals surface area contributed by atoms with Crippen molar-refractivity contribution in [3.8, 4) is 0 Å². The van der Waals surface area contributed by atoms with E-state index in [2.05, 4.69) is 15.3 Å². The molecule has 0 saturated carbocycles. The molecule has 8 nitrogen and oxygen atoms in total. The molecule has 1 amide bonds. The fourth-order valence-electron chi connectivity index (χ4n) is 2.92. The molecule has 2 atom stereocenters. The number of aromatic amines is 1. The highest BCUT2D eigenvalue weighted by Crippen LogP contribution is 2.28. The summed E-state index contributed by atoms with van der Waals surface area (Å²) >= 11 is 0. The second-order valence-corrected chi connectivity index (χ2v) is 5.79. The Kier molecular flexibility index (Phi) is 3.99. The molecule has 0 aromatic carbocycles. The first-order chi connectivity index (χ1) is 11.0. The van der Waals surface area contributed by atoms with E-state index < -0.39 is 0 Å². The third-order valence-corrected chi connectivity index (χ3v) is 4.22. The summed E-state index contributed by atoms with van der Waals surface area (Å²) in [4.78, 5) is 29.3. The predicted molar refractivity (Wildman–Crippen MR) is 82.2 cm³/mol. The number of hydrogen-bond acceptors (Lipinski definition) is 5. The van der Waals surface area contributed by atoms with Crippen LogP contribution in [0.5, 0.6) is 0 Å². The second kappa shape index (κ2) is 5.96. The van der Waals surface area contributed by atoms with Gasteiger partial charge in [-0.05, 0) is 6.92 Å². The van der Waals surface area contributed by atoms with Gasteiger partial charge in [-0.1, -0.05) is 5.21 Å². The summed E-state index contributed by atoms with van der Waals surface area (Å²) in [6, 6.07) is 0. The molecular weight excluding hydrogens is 298 g/mol. The van der Waals surface area contributed by atoms with Crippen LogP contribution in [0.2, 0.25) is 0 Å². The monoisotopic (exact) mass is 317 g/mol. The number of H-pyrrole nitrogens is 1. The predicted octanol–water partition coefficient (Wildman–Crippen LogP) is 0.0664. The molecule has 2 aromatic heterocycles. The first-order valence-electron chi connectivity index (χ1n) is 7.37.